The Balaban J connectivity index is 4.38. The first-order valence-corrected chi connectivity index (χ1v) is 10.4. The Morgan fingerprint density at radius 1 is 1.33 bits per heavy atom. The number of hydrogen-bond acceptors (Lipinski definition) is 3. The van der Waals surface area contributed by atoms with Gasteiger partial charge in [0.15, 0.2) is 0 Å². The van der Waals surface area contributed by atoms with Gasteiger partial charge in [-0.3, -0.25) is 9.05 Å². The van der Waals surface area contributed by atoms with Crippen molar-refractivity contribution < 1.29 is 18.5 Å². The predicted octanol–water partition coefficient (Wildman–Crippen LogP) is 4.48. The van der Waals surface area contributed by atoms with Crippen LogP contribution in [0.25, 0.3) is 0 Å². The Hall–Kier alpha value is 1.55. The van der Waals surface area contributed by atoms with Crippen LogP contribution in [-0.2, 0) is 13.6 Å². The van der Waals surface area contributed by atoms with E-state index in [9.17, 15) is 9.46 Å². The molecule has 4 nitrogen and oxygen atoms in total. The summed E-state index contributed by atoms with van der Waals surface area (Å²) in [6, 6.07) is 0. The van der Waals surface area contributed by atoms with Gasteiger partial charge in [0.05, 0.1) is 13.2 Å². The lowest BCUT2D eigenvalue weighted by atomic mass is 9.91. The summed E-state index contributed by atoms with van der Waals surface area (Å²) in [5.74, 6) is 0. The molecule has 0 bridgehead atoms. The third-order valence-corrected chi connectivity index (χ3v) is 6.81. The largest absolute Gasteiger partial charge is 0.472 e. The molecule has 0 aromatic rings. The number of halogens is 3. The molecule has 0 fully saturated rings. The van der Waals surface area contributed by atoms with Gasteiger partial charge in [0.2, 0.25) is 0 Å². The zero-order chi connectivity index (χ0) is 14.2. The maximum absolute atomic E-state index is 11.7. The maximum atomic E-state index is 11.7. The Morgan fingerprint density at radius 3 is 2.28 bits per heavy atom. The van der Waals surface area contributed by atoms with Crippen LogP contribution in [0.1, 0.15) is 26.7 Å². The number of phosphoric ester groups is 1. The summed E-state index contributed by atoms with van der Waals surface area (Å²) in [4.78, 5) is 9.67. The van der Waals surface area contributed by atoms with E-state index in [0.29, 0.717) is 10.7 Å². The van der Waals surface area contributed by atoms with Gasteiger partial charge in [0.1, 0.15) is 0 Å². The molecule has 8 heteroatoms. The van der Waals surface area contributed by atoms with Gasteiger partial charge in [-0.05, 0) is 6.42 Å². The van der Waals surface area contributed by atoms with Gasteiger partial charge in [-0.1, -0.05) is 68.1 Å². The quantitative estimate of drug-likeness (QED) is 0.288. The third kappa shape index (κ3) is 6.82. The summed E-state index contributed by atoms with van der Waals surface area (Å²) < 4.78 is 21.6. The van der Waals surface area contributed by atoms with Crippen LogP contribution in [-0.4, -0.2) is 33.6 Å². The number of rotatable bonds is 10. The van der Waals surface area contributed by atoms with Crippen LogP contribution in [0.3, 0.4) is 0 Å². The number of hydrogen-bond donors (Lipinski definition) is 1. The first-order valence-electron chi connectivity index (χ1n) is 5.71. The molecular formula is C10H20Br3O4P. The Bertz CT molecular complexity index is 272. The fraction of sp³-hybridized carbons (Fsp3) is 1.00. The van der Waals surface area contributed by atoms with E-state index in [2.05, 4.69) is 47.8 Å². The van der Waals surface area contributed by atoms with Crippen molar-refractivity contribution in [1.29, 1.82) is 0 Å². The minimum Gasteiger partial charge on any atom is -0.302 e. The monoisotopic (exact) mass is 472 g/mol. The van der Waals surface area contributed by atoms with Crippen LogP contribution in [0.4, 0.5) is 0 Å². The lowest BCUT2D eigenvalue weighted by Gasteiger charge is -2.33. The third-order valence-electron chi connectivity index (χ3n) is 2.64. The minimum absolute atomic E-state index is 0.124. The molecule has 1 N–H and O–H groups in total. The zero-order valence-corrected chi connectivity index (χ0v) is 16.2. The fourth-order valence-corrected chi connectivity index (χ4v) is 5.41. The van der Waals surface area contributed by atoms with Crippen molar-refractivity contribution in [3.05, 3.63) is 0 Å². The molecule has 0 aliphatic carbocycles. The molecule has 0 aliphatic rings. The molecule has 2 unspecified atom stereocenters. The molecular weight excluding hydrogens is 455 g/mol. The van der Waals surface area contributed by atoms with Gasteiger partial charge >= 0.3 is 7.82 Å². The molecule has 0 aliphatic heterocycles. The van der Waals surface area contributed by atoms with Crippen molar-refractivity contribution in [2.45, 2.75) is 31.5 Å². The zero-order valence-electron chi connectivity index (χ0n) is 10.6. The first-order chi connectivity index (χ1) is 8.33. The van der Waals surface area contributed by atoms with E-state index in [0.717, 1.165) is 12.8 Å². The molecule has 0 saturated heterocycles. The van der Waals surface area contributed by atoms with Gasteiger partial charge < -0.3 is 4.89 Å². The summed E-state index contributed by atoms with van der Waals surface area (Å²) >= 11 is 10.3. The number of alkyl halides is 3. The summed E-state index contributed by atoms with van der Waals surface area (Å²) in [7, 11) is -3.95. The van der Waals surface area contributed by atoms with Gasteiger partial charge in [0.25, 0.3) is 0 Å². The molecule has 0 spiro atoms. The van der Waals surface area contributed by atoms with E-state index in [1.54, 1.807) is 0 Å². The average Bonchev–Trinajstić information content (AvgIpc) is 2.30. The van der Waals surface area contributed by atoms with Crippen molar-refractivity contribution in [2.75, 3.05) is 23.9 Å². The van der Waals surface area contributed by atoms with Crippen molar-refractivity contribution in [3.63, 3.8) is 0 Å². The highest BCUT2D eigenvalue weighted by Gasteiger charge is 2.36. The summed E-state index contributed by atoms with van der Waals surface area (Å²) in [5, 5.41) is 1.29. The molecule has 0 aromatic carbocycles. The smallest absolute Gasteiger partial charge is 0.302 e. The Labute approximate surface area is 134 Å². The summed E-state index contributed by atoms with van der Waals surface area (Å²) in [6.45, 7) is 4.34. The highest BCUT2D eigenvalue weighted by molar-refractivity contribution is 9.10. The molecule has 2 atom stereocenters. The van der Waals surface area contributed by atoms with Crippen LogP contribution in [0.15, 0.2) is 0 Å². The van der Waals surface area contributed by atoms with Crippen LogP contribution in [0.5, 0.6) is 0 Å². The number of unbranched alkanes of at least 4 members (excludes halogenated alkanes) is 1. The molecule has 0 aromatic heterocycles. The van der Waals surface area contributed by atoms with Gasteiger partial charge in [-0.2, -0.15) is 0 Å². The minimum atomic E-state index is -3.95. The standard InChI is InChI=1S/C10H20Br3O4P/c1-3-4-5-16-18(14,15)17-8-10(6-11,7-12)9(2)13/h9H,3-8H2,1-2H3,(H,14,15). The Kier molecular flexibility index (Phi) is 10.3. The van der Waals surface area contributed by atoms with Gasteiger partial charge in [0, 0.05) is 20.9 Å². The van der Waals surface area contributed by atoms with E-state index < -0.39 is 7.82 Å². The maximum Gasteiger partial charge on any atom is 0.472 e. The number of phosphoric acid groups is 1. The van der Waals surface area contributed by atoms with Gasteiger partial charge in [-0.25, -0.2) is 4.57 Å². The lowest BCUT2D eigenvalue weighted by Crippen LogP contribution is -2.37. The molecule has 0 rings (SSSR count). The van der Waals surface area contributed by atoms with E-state index in [1.807, 2.05) is 13.8 Å². The molecule has 0 heterocycles. The van der Waals surface area contributed by atoms with Crippen LogP contribution >= 0.6 is 55.6 Å². The molecule has 0 saturated carbocycles. The average molecular weight is 475 g/mol. The topological polar surface area (TPSA) is 55.8 Å². The van der Waals surface area contributed by atoms with Crippen LogP contribution in [0.2, 0.25) is 0 Å². The normalized spacial score (nSPS) is 17.4. The second kappa shape index (κ2) is 9.48. The van der Waals surface area contributed by atoms with E-state index >= 15 is 0 Å². The van der Waals surface area contributed by atoms with Crippen molar-refractivity contribution in [2.24, 2.45) is 5.41 Å². The molecule has 0 amide bonds. The van der Waals surface area contributed by atoms with Crippen LogP contribution < -0.4 is 0 Å². The first kappa shape index (κ1) is 19.6. The molecule has 0 radical (unpaired) electrons. The van der Waals surface area contributed by atoms with Crippen LogP contribution in [0, 0.1) is 5.41 Å². The second-order valence-corrected chi connectivity index (χ2v) is 8.12. The predicted molar refractivity (Wildman–Crippen MR) is 85.0 cm³/mol. The van der Waals surface area contributed by atoms with E-state index in [-0.39, 0.29) is 23.5 Å². The second-order valence-electron chi connectivity index (χ2n) is 4.17. The van der Waals surface area contributed by atoms with E-state index in [1.165, 1.54) is 0 Å². The SMILES string of the molecule is CCCCOP(=O)(O)OCC(CBr)(CBr)C(C)Br. The Morgan fingerprint density at radius 2 is 1.89 bits per heavy atom. The molecule has 110 valence electrons. The lowest BCUT2D eigenvalue weighted by molar-refractivity contribution is 0.109. The van der Waals surface area contributed by atoms with Crippen molar-refractivity contribution in [3.8, 4) is 0 Å². The van der Waals surface area contributed by atoms with Crippen molar-refractivity contribution in [1.82, 2.24) is 0 Å². The molecule has 18 heavy (non-hydrogen) atoms. The highest BCUT2D eigenvalue weighted by Crippen LogP contribution is 2.46. The summed E-state index contributed by atoms with van der Waals surface area (Å²) in [6.07, 6.45) is 1.65. The highest BCUT2D eigenvalue weighted by atomic mass is 79.9. The van der Waals surface area contributed by atoms with Crippen molar-refractivity contribution >= 4 is 55.6 Å². The summed E-state index contributed by atoms with van der Waals surface area (Å²) in [5.41, 5.74) is -0.299. The van der Waals surface area contributed by atoms with E-state index in [4.69, 9.17) is 9.05 Å². The fourth-order valence-electron chi connectivity index (χ4n) is 1.01. The van der Waals surface area contributed by atoms with Gasteiger partial charge in [-0.15, -0.1) is 0 Å².